The maximum atomic E-state index is 13.5. The molecule has 0 amide bonds. The van der Waals surface area contributed by atoms with Crippen molar-refractivity contribution >= 4 is 11.0 Å². The van der Waals surface area contributed by atoms with Crippen molar-refractivity contribution in [2.75, 3.05) is 14.2 Å². The summed E-state index contributed by atoms with van der Waals surface area (Å²) in [5.74, 6) is 2.35. The van der Waals surface area contributed by atoms with Gasteiger partial charge in [-0.05, 0) is 12.1 Å². The Hall–Kier alpha value is -3.73. The lowest BCUT2D eigenvalue weighted by molar-refractivity contribution is 0.356. The molecule has 0 atom stereocenters. The van der Waals surface area contributed by atoms with Crippen molar-refractivity contribution < 1.29 is 18.6 Å². The van der Waals surface area contributed by atoms with Crippen molar-refractivity contribution in [3.8, 4) is 34.3 Å². The smallest absolute Gasteiger partial charge is 0.235 e. The van der Waals surface area contributed by atoms with Crippen molar-refractivity contribution in [1.82, 2.24) is 0 Å². The van der Waals surface area contributed by atoms with Crippen molar-refractivity contribution in [2.24, 2.45) is 0 Å². The highest BCUT2D eigenvalue weighted by molar-refractivity contribution is 5.90. The first-order valence-electron chi connectivity index (χ1n) is 10.1. The van der Waals surface area contributed by atoms with E-state index < -0.39 is 5.41 Å². The fourth-order valence-corrected chi connectivity index (χ4v) is 4.37. The summed E-state index contributed by atoms with van der Waals surface area (Å²) in [6.45, 7) is 4.19. The minimum atomic E-state index is -0.491. The number of ether oxygens (including phenoxy) is 3. The third-order valence-electron chi connectivity index (χ3n) is 5.92. The lowest BCUT2D eigenvalue weighted by Gasteiger charge is -2.35. The highest BCUT2D eigenvalue weighted by Crippen LogP contribution is 2.54. The van der Waals surface area contributed by atoms with Crippen LogP contribution in [0.15, 0.2) is 69.9 Å². The Morgan fingerprint density at radius 3 is 2.32 bits per heavy atom. The van der Waals surface area contributed by atoms with Crippen LogP contribution in [-0.4, -0.2) is 14.2 Å². The Morgan fingerprint density at radius 1 is 0.903 bits per heavy atom. The molecule has 5 rings (SSSR count). The van der Waals surface area contributed by atoms with E-state index in [1.165, 1.54) is 7.11 Å². The number of rotatable bonds is 3. The van der Waals surface area contributed by atoms with Gasteiger partial charge >= 0.3 is 0 Å². The number of fused-ring (bicyclic) bond motifs is 4. The van der Waals surface area contributed by atoms with Crippen LogP contribution in [0.3, 0.4) is 0 Å². The Balaban J connectivity index is 1.94. The van der Waals surface area contributed by atoms with Gasteiger partial charge in [0.1, 0.15) is 11.3 Å². The first-order chi connectivity index (χ1) is 15.0. The zero-order chi connectivity index (χ0) is 21.8. The van der Waals surface area contributed by atoms with E-state index in [2.05, 4.69) is 13.8 Å². The second-order valence-electron chi connectivity index (χ2n) is 8.04. The summed E-state index contributed by atoms with van der Waals surface area (Å²) in [6.07, 6.45) is 0. The Morgan fingerprint density at radius 2 is 1.61 bits per heavy atom. The van der Waals surface area contributed by atoms with Gasteiger partial charge < -0.3 is 18.6 Å². The van der Waals surface area contributed by atoms with Gasteiger partial charge in [-0.25, -0.2) is 0 Å². The summed E-state index contributed by atoms with van der Waals surface area (Å²) in [6, 6.07) is 19.0. The molecule has 1 aromatic heterocycles. The molecule has 1 aliphatic heterocycles. The minimum Gasteiger partial charge on any atom is -0.493 e. The molecule has 4 aromatic rings. The normalized spacial score (nSPS) is 13.8. The average molecular weight is 414 g/mol. The maximum Gasteiger partial charge on any atom is 0.235 e. The minimum absolute atomic E-state index is 0.163. The molecule has 0 saturated carbocycles. The SMILES string of the molecule is COc1cc2c(=O)c(OC)c(-c3ccccc3)oc2c2c1Oc1ccccc1C2(C)C. The first-order valence-corrected chi connectivity index (χ1v) is 10.1. The maximum absolute atomic E-state index is 13.5. The van der Waals surface area contributed by atoms with Crippen molar-refractivity contribution in [3.05, 3.63) is 82.0 Å². The molecule has 0 fully saturated rings. The summed E-state index contributed by atoms with van der Waals surface area (Å²) < 4.78 is 23.8. The van der Waals surface area contributed by atoms with Gasteiger partial charge in [0.25, 0.3) is 0 Å². The van der Waals surface area contributed by atoms with Crippen LogP contribution < -0.4 is 19.6 Å². The fraction of sp³-hybridized carbons (Fsp3) is 0.192. The summed E-state index contributed by atoms with van der Waals surface area (Å²) in [4.78, 5) is 13.5. The average Bonchev–Trinajstić information content (AvgIpc) is 2.79. The zero-order valence-electron chi connectivity index (χ0n) is 17.8. The third kappa shape index (κ3) is 2.73. The highest BCUT2D eigenvalue weighted by atomic mass is 16.5. The van der Waals surface area contributed by atoms with Crippen molar-refractivity contribution in [1.29, 1.82) is 0 Å². The van der Waals surface area contributed by atoms with E-state index in [4.69, 9.17) is 18.6 Å². The molecule has 1 aliphatic rings. The largest absolute Gasteiger partial charge is 0.493 e. The van der Waals surface area contributed by atoms with E-state index >= 15 is 0 Å². The topological polar surface area (TPSA) is 57.9 Å². The van der Waals surface area contributed by atoms with Crippen molar-refractivity contribution in [2.45, 2.75) is 19.3 Å². The quantitative estimate of drug-likeness (QED) is 0.417. The van der Waals surface area contributed by atoms with E-state index in [9.17, 15) is 4.79 Å². The summed E-state index contributed by atoms with van der Waals surface area (Å²) in [5.41, 5.74) is 2.28. The number of benzene rings is 3. The van der Waals surface area contributed by atoms with Gasteiger partial charge in [-0.1, -0.05) is 62.4 Å². The van der Waals surface area contributed by atoms with E-state index in [1.54, 1.807) is 13.2 Å². The zero-order valence-corrected chi connectivity index (χ0v) is 17.8. The summed E-state index contributed by atoms with van der Waals surface area (Å²) in [7, 11) is 3.04. The lowest BCUT2D eigenvalue weighted by Crippen LogP contribution is -2.25. The summed E-state index contributed by atoms with van der Waals surface area (Å²) in [5, 5.41) is 0.392. The Labute approximate surface area is 179 Å². The van der Waals surface area contributed by atoms with Crippen LogP contribution in [0.2, 0.25) is 0 Å². The van der Waals surface area contributed by atoms with Gasteiger partial charge in [-0.15, -0.1) is 0 Å². The van der Waals surface area contributed by atoms with E-state index in [0.717, 1.165) is 22.4 Å². The predicted molar refractivity (Wildman–Crippen MR) is 120 cm³/mol. The van der Waals surface area contributed by atoms with Gasteiger partial charge in [0.15, 0.2) is 17.3 Å². The van der Waals surface area contributed by atoms with Crippen LogP contribution in [-0.2, 0) is 5.41 Å². The molecule has 0 aliphatic carbocycles. The predicted octanol–water partition coefficient (Wildman–Crippen LogP) is 5.91. The molecular weight excluding hydrogens is 392 g/mol. The molecule has 2 heterocycles. The molecule has 31 heavy (non-hydrogen) atoms. The van der Waals surface area contributed by atoms with Crippen LogP contribution >= 0.6 is 0 Å². The van der Waals surface area contributed by atoms with E-state index in [1.807, 2.05) is 54.6 Å². The number of methoxy groups -OCH3 is 2. The molecule has 5 nitrogen and oxygen atoms in total. The Kier molecular flexibility index (Phi) is 4.29. The summed E-state index contributed by atoms with van der Waals surface area (Å²) >= 11 is 0. The molecule has 0 radical (unpaired) electrons. The van der Waals surface area contributed by atoms with Crippen LogP contribution in [0, 0.1) is 0 Å². The van der Waals surface area contributed by atoms with Gasteiger partial charge in [-0.3, -0.25) is 4.79 Å². The molecule has 0 N–H and O–H groups in total. The molecule has 0 bridgehead atoms. The van der Waals surface area contributed by atoms with Gasteiger partial charge in [0, 0.05) is 16.5 Å². The third-order valence-corrected chi connectivity index (χ3v) is 5.92. The number of para-hydroxylation sites is 1. The molecule has 0 spiro atoms. The highest BCUT2D eigenvalue weighted by Gasteiger charge is 2.39. The second kappa shape index (κ2) is 6.91. The Bertz CT molecular complexity index is 1370. The number of hydrogen-bond acceptors (Lipinski definition) is 5. The van der Waals surface area contributed by atoms with Gasteiger partial charge in [-0.2, -0.15) is 0 Å². The van der Waals surface area contributed by atoms with Crippen molar-refractivity contribution in [3.63, 3.8) is 0 Å². The molecule has 5 heteroatoms. The van der Waals surface area contributed by atoms with Gasteiger partial charge in [0.05, 0.1) is 25.2 Å². The van der Waals surface area contributed by atoms with Crippen LogP contribution in [0.25, 0.3) is 22.3 Å². The molecular formula is C26H22O5. The molecule has 3 aromatic carbocycles. The van der Waals surface area contributed by atoms with Crippen LogP contribution in [0.4, 0.5) is 0 Å². The van der Waals surface area contributed by atoms with E-state index in [-0.39, 0.29) is 11.2 Å². The van der Waals surface area contributed by atoms with Gasteiger partial charge in [0.2, 0.25) is 11.2 Å². The standard InChI is InChI=1S/C26H22O5/c1-26(2)17-12-8-9-13-18(17)30-24-19(28-3)14-16-21(27)25(29-4)22(31-23(16)20(24)26)15-10-6-5-7-11-15/h5-14H,1-4H3. The lowest BCUT2D eigenvalue weighted by atomic mass is 9.75. The fourth-order valence-electron chi connectivity index (χ4n) is 4.37. The first kappa shape index (κ1) is 19.2. The number of hydrogen-bond donors (Lipinski definition) is 0. The molecule has 0 saturated heterocycles. The van der Waals surface area contributed by atoms with Crippen LogP contribution in [0.1, 0.15) is 25.0 Å². The second-order valence-corrected chi connectivity index (χ2v) is 8.04. The molecule has 0 unspecified atom stereocenters. The molecule has 156 valence electrons. The van der Waals surface area contributed by atoms with E-state index in [0.29, 0.717) is 28.2 Å². The monoisotopic (exact) mass is 414 g/mol. The van der Waals surface area contributed by atoms with Crippen LogP contribution in [0.5, 0.6) is 23.0 Å².